The molecule has 0 unspecified atom stereocenters. The second-order valence-electron chi connectivity index (χ2n) is 6.01. The van der Waals surface area contributed by atoms with Crippen molar-refractivity contribution in [2.75, 3.05) is 25.1 Å². The van der Waals surface area contributed by atoms with E-state index >= 15 is 0 Å². The highest BCUT2D eigenvalue weighted by Crippen LogP contribution is 2.18. The molecule has 2 N–H and O–H groups in total. The predicted molar refractivity (Wildman–Crippen MR) is 107 cm³/mol. The maximum atomic E-state index is 9.02. The lowest BCUT2D eigenvalue weighted by atomic mass is 10.1. The molecule has 6 nitrogen and oxygen atoms in total. The molecule has 134 valence electrons. The van der Waals surface area contributed by atoms with Gasteiger partial charge in [-0.15, -0.1) is 0 Å². The number of aromatic amines is 1. The Morgan fingerprint density at radius 2 is 1.88 bits per heavy atom. The lowest BCUT2D eigenvalue weighted by molar-refractivity contribution is 0.304. The first-order valence-electron chi connectivity index (χ1n) is 8.29. The molecular weight excluding hydrogens is 346 g/mol. The van der Waals surface area contributed by atoms with E-state index in [1.165, 1.54) is 5.56 Å². The second kappa shape index (κ2) is 8.07. The number of benzene rings is 2. The van der Waals surface area contributed by atoms with E-state index in [9.17, 15) is 0 Å². The number of rotatable bonds is 6. The van der Waals surface area contributed by atoms with Crippen molar-refractivity contribution in [3.8, 4) is 11.4 Å². The number of aromatic nitrogens is 3. The first-order chi connectivity index (χ1) is 12.6. The van der Waals surface area contributed by atoms with Crippen LogP contribution in [0, 0.1) is 11.7 Å². The molecule has 0 aliphatic rings. The molecule has 0 aliphatic heterocycles. The van der Waals surface area contributed by atoms with Crippen molar-refractivity contribution in [2.24, 2.45) is 5.10 Å². The summed E-state index contributed by atoms with van der Waals surface area (Å²) < 4.78 is 2.06. The Balaban J connectivity index is 1.84. The van der Waals surface area contributed by atoms with E-state index in [2.05, 4.69) is 15.3 Å². The van der Waals surface area contributed by atoms with Crippen LogP contribution in [-0.4, -0.2) is 46.4 Å². The molecule has 0 saturated carbocycles. The number of hydrogen-bond acceptors (Lipinski definition) is 5. The fourth-order valence-corrected chi connectivity index (χ4v) is 2.69. The van der Waals surface area contributed by atoms with Crippen LogP contribution in [0.5, 0.6) is 0 Å². The zero-order chi connectivity index (χ0) is 18.5. The van der Waals surface area contributed by atoms with Crippen molar-refractivity contribution in [2.45, 2.75) is 6.92 Å². The van der Waals surface area contributed by atoms with Crippen molar-refractivity contribution in [3.05, 3.63) is 64.4 Å². The van der Waals surface area contributed by atoms with Crippen LogP contribution in [0.4, 0.5) is 5.69 Å². The molecule has 0 saturated heterocycles. The largest absolute Gasteiger partial charge is 0.395 e. The zero-order valence-corrected chi connectivity index (χ0v) is 15.6. The van der Waals surface area contributed by atoms with E-state index in [1.807, 2.05) is 67.4 Å². The van der Waals surface area contributed by atoms with E-state index in [1.54, 1.807) is 10.9 Å². The van der Waals surface area contributed by atoms with Gasteiger partial charge in [0.1, 0.15) is 0 Å². The monoisotopic (exact) mass is 367 g/mol. The Labute approximate surface area is 157 Å². The zero-order valence-electron chi connectivity index (χ0n) is 14.8. The maximum Gasteiger partial charge on any atom is 0.216 e. The number of likely N-dealkylation sites (N-methyl/N-ethyl adjacent to an activating group) is 1. The van der Waals surface area contributed by atoms with Gasteiger partial charge < -0.3 is 10.0 Å². The number of anilines is 1. The van der Waals surface area contributed by atoms with E-state index in [4.69, 9.17) is 17.3 Å². The van der Waals surface area contributed by atoms with Gasteiger partial charge in [-0.2, -0.15) is 14.9 Å². The number of H-pyrrole nitrogens is 1. The van der Waals surface area contributed by atoms with Crippen LogP contribution < -0.4 is 4.90 Å². The molecule has 0 radical (unpaired) electrons. The SMILES string of the molecule is Cc1ccc(-c2n[nH]c(=S)n2/N=C\c2ccc(N(C)CCO)cc2)cc1. The summed E-state index contributed by atoms with van der Waals surface area (Å²) in [5.74, 6) is 0.672. The molecule has 0 amide bonds. The number of aliphatic hydroxyl groups excluding tert-OH is 1. The molecule has 3 aromatic rings. The van der Waals surface area contributed by atoms with Gasteiger partial charge in [0.25, 0.3) is 0 Å². The Morgan fingerprint density at radius 3 is 2.54 bits per heavy atom. The normalized spacial score (nSPS) is 11.2. The summed E-state index contributed by atoms with van der Waals surface area (Å²) in [6.07, 6.45) is 1.75. The standard InChI is InChI=1S/C19H21N5OS/c1-14-3-7-16(8-4-14)18-21-22-19(26)24(18)20-13-15-5-9-17(10-6-15)23(2)11-12-25/h3-10,13,25H,11-12H2,1-2H3,(H,22,26)/b20-13-. The quantitative estimate of drug-likeness (QED) is 0.518. The first kappa shape index (κ1) is 18.0. The van der Waals surface area contributed by atoms with Gasteiger partial charge in [-0.1, -0.05) is 42.0 Å². The predicted octanol–water partition coefficient (Wildman–Crippen LogP) is 3.23. The molecule has 0 aliphatic carbocycles. The number of nitrogens with one attached hydrogen (secondary N) is 1. The van der Waals surface area contributed by atoms with Crippen molar-refractivity contribution < 1.29 is 5.11 Å². The van der Waals surface area contributed by atoms with Crippen LogP contribution in [0.25, 0.3) is 11.4 Å². The number of aryl methyl sites for hydroxylation is 1. The second-order valence-corrected chi connectivity index (χ2v) is 6.40. The van der Waals surface area contributed by atoms with Crippen LogP contribution in [0.1, 0.15) is 11.1 Å². The number of hydrogen-bond donors (Lipinski definition) is 2. The van der Waals surface area contributed by atoms with Crippen LogP contribution >= 0.6 is 12.2 Å². The minimum Gasteiger partial charge on any atom is -0.395 e. The van der Waals surface area contributed by atoms with E-state index in [-0.39, 0.29) is 6.61 Å². The number of nitrogens with zero attached hydrogens (tertiary/aromatic N) is 4. The molecule has 1 heterocycles. The molecule has 26 heavy (non-hydrogen) atoms. The van der Waals surface area contributed by atoms with Crippen LogP contribution in [0.3, 0.4) is 0 Å². The first-order valence-corrected chi connectivity index (χ1v) is 8.70. The highest BCUT2D eigenvalue weighted by molar-refractivity contribution is 7.71. The van der Waals surface area contributed by atoms with E-state index < -0.39 is 0 Å². The van der Waals surface area contributed by atoms with Crippen molar-refractivity contribution in [3.63, 3.8) is 0 Å². The molecule has 0 fully saturated rings. The van der Waals surface area contributed by atoms with Gasteiger partial charge in [0.15, 0.2) is 5.82 Å². The summed E-state index contributed by atoms with van der Waals surface area (Å²) in [6.45, 7) is 2.76. The average molecular weight is 367 g/mol. The van der Waals surface area contributed by atoms with Gasteiger partial charge in [-0.05, 0) is 36.8 Å². The molecule has 0 spiro atoms. The summed E-state index contributed by atoms with van der Waals surface area (Å²) in [6, 6.07) is 16.0. The highest BCUT2D eigenvalue weighted by atomic mass is 32.1. The lowest BCUT2D eigenvalue weighted by Crippen LogP contribution is -2.20. The lowest BCUT2D eigenvalue weighted by Gasteiger charge is -2.17. The third kappa shape index (κ3) is 4.07. The summed E-state index contributed by atoms with van der Waals surface area (Å²) in [4.78, 5) is 1.99. The Morgan fingerprint density at radius 1 is 1.19 bits per heavy atom. The van der Waals surface area contributed by atoms with Gasteiger partial charge in [0.05, 0.1) is 12.8 Å². The van der Waals surface area contributed by atoms with Crippen LogP contribution in [0.15, 0.2) is 53.6 Å². The molecule has 3 rings (SSSR count). The molecular formula is C19H21N5OS. The number of aliphatic hydroxyl groups is 1. The molecule has 7 heteroatoms. The third-order valence-corrected chi connectivity index (χ3v) is 4.32. The molecule has 2 aromatic carbocycles. The van der Waals surface area contributed by atoms with Crippen molar-refractivity contribution in [1.82, 2.24) is 14.9 Å². The van der Waals surface area contributed by atoms with Gasteiger partial charge in [0, 0.05) is 24.8 Å². The van der Waals surface area contributed by atoms with Crippen LogP contribution in [-0.2, 0) is 0 Å². The van der Waals surface area contributed by atoms with Gasteiger partial charge in [-0.25, -0.2) is 5.10 Å². The Hall–Kier alpha value is -2.77. The fraction of sp³-hybridized carbons (Fsp3) is 0.211. The smallest absolute Gasteiger partial charge is 0.216 e. The fourth-order valence-electron chi connectivity index (χ4n) is 2.51. The Kier molecular flexibility index (Phi) is 5.60. The summed E-state index contributed by atoms with van der Waals surface area (Å²) in [5, 5.41) is 20.6. The van der Waals surface area contributed by atoms with Gasteiger partial charge in [-0.3, -0.25) is 0 Å². The average Bonchev–Trinajstić information content (AvgIpc) is 3.02. The van der Waals surface area contributed by atoms with E-state index in [0.29, 0.717) is 17.1 Å². The van der Waals surface area contributed by atoms with Gasteiger partial charge >= 0.3 is 0 Å². The molecule has 0 atom stereocenters. The van der Waals surface area contributed by atoms with Crippen LogP contribution in [0.2, 0.25) is 0 Å². The summed E-state index contributed by atoms with van der Waals surface area (Å²) >= 11 is 5.30. The minimum absolute atomic E-state index is 0.125. The molecule has 1 aromatic heterocycles. The maximum absolute atomic E-state index is 9.02. The van der Waals surface area contributed by atoms with Gasteiger partial charge in [0.2, 0.25) is 4.77 Å². The Bertz CT molecular complexity index is 941. The van der Waals surface area contributed by atoms with Crippen molar-refractivity contribution >= 4 is 24.1 Å². The molecule has 0 bridgehead atoms. The topological polar surface area (TPSA) is 69.4 Å². The summed E-state index contributed by atoms with van der Waals surface area (Å²) in [5.41, 5.74) is 4.12. The highest BCUT2D eigenvalue weighted by Gasteiger charge is 2.07. The van der Waals surface area contributed by atoms with E-state index in [0.717, 1.165) is 16.8 Å². The third-order valence-electron chi connectivity index (χ3n) is 4.05. The van der Waals surface area contributed by atoms with Crippen molar-refractivity contribution in [1.29, 1.82) is 0 Å². The summed E-state index contributed by atoms with van der Waals surface area (Å²) in [7, 11) is 1.94. The minimum atomic E-state index is 0.125.